The predicted molar refractivity (Wildman–Crippen MR) is 95.7 cm³/mol. The van der Waals surface area contributed by atoms with Gasteiger partial charge in [-0.3, -0.25) is 4.79 Å². The normalized spacial score (nSPS) is 16.9. The Morgan fingerprint density at radius 3 is 2.59 bits per heavy atom. The molecule has 0 saturated heterocycles. The van der Waals surface area contributed by atoms with Gasteiger partial charge in [0.2, 0.25) is 0 Å². The summed E-state index contributed by atoms with van der Waals surface area (Å²) in [7, 11) is 0. The molecule has 2 N–H and O–H groups in total. The number of nitrogens with zero attached hydrogens (tertiary/aromatic N) is 3. The number of rotatable bonds is 4. The summed E-state index contributed by atoms with van der Waals surface area (Å²) in [6, 6.07) is 2.17. The van der Waals surface area contributed by atoms with Gasteiger partial charge in [0.1, 0.15) is 22.7 Å². The summed E-state index contributed by atoms with van der Waals surface area (Å²) >= 11 is 0. The second kappa shape index (κ2) is 6.38. The first-order chi connectivity index (χ1) is 13.5. The van der Waals surface area contributed by atoms with Crippen LogP contribution in [-0.2, 0) is 12.8 Å². The fraction of sp³-hybridized carbons (Fsp3) is 0.421. The average molecular weight is 410 g/mol. The fourth-order valence-electron chi connectivity index (χ4n) is 3.76. The molecule has 10 heteroatoms. The highest BCUT2D eigenvalue weighted by Crippen LogP contribution is 2.56. The van der Waals surface area contributed by atoms with E-state index in [2.05, 4.69) is 15.1 Å². The summed E-state index contributed by atoms with van der Waals surface area (Å²) in [5, 5.41) is 14.1. The number of aliphatic hydroxyl groups is 1. The van der Waals surface area contributed by atoms with E-state index in [4.69, 9.17) is 0 Å². The minimum absolute atomic E-state index is 0.107. The van der Waals surface area contributed by atoms with Crippen molar-refractivity contribution in [3.05, 3.63) is 57.0 Å². The van der Waals surface area contributed by atoms with Crippen LogP contribution in [0.1, 0.15) is 48.5 Å². The number of aryl methyl sites for hydroxylation is 1. The molecule has 2 heterocycles. The van der Waals surface area contributed by atoms with Crippen molar-refractivity contribution in [3.63, 3.8) is 0 Å². The van der Waals surface area contributed by atoms with Crippen molar-refractivity contribution >= 4 is 11.0 Å². The molecule has 1 saturated carbocycles. The van der Waals surface area contributed by atoms with Crippen molar-refractivity contribution in [1.29, 1.82) is 0 Å². The van der Waals surface area contributed by atoms with Gasteiger partial charge in [0.15, 0.2) is 5.65 Å². The lowest BCUT2D eigenvalue weighted by molar-refractivity contribution is -0.140. The van der Waals surface area contributed by atoms with Crippen LogP contribution in [0.3, 0.4) is 0 Å². The molecular weight excluding hydrogens is 392 g/mol. The van der Waals surface area contributed by atoms with Crippen LogP contribution >= 0.6 is 0 Å². The van der Waals surface area contributed by atoms with Crippen LogP contribution in [-0.4, -0.2) is 24.9 Å². The third-order valence-electron chi connectivity index (χ3n) is 5.46. The first-order valence-corrected chi connectivity index (χ1v) is 9.00. The summed E-state index contributed by atoms with van der Waals surface area (Å²) in [6.07, 6.45) is -3.30. The molecule has 0 spiro atoms. The van der Waals surface area contributed by atoms with Gasteiger partial charge in [-0.15, -0.1) is 0 Å². The van der Waals surface area contributed by atoms with Crippen molar-refractivity contribution in [2.24, 2.45) is 5.41 Å². The predicted octanol–water partition coefficient (Wildman–Crippen LogP) is 3.47. The quantitative estimate of drug-likeness (QED) is 0.646. The molecule has 1 fully saturated rings. The highest BCUT2D eigenvalue weighted by Gasteiger charge is 2.48. The van der Waals surface area contributed by atoms with Crippen LogP contribution in [0, 0.1) is 18.2 Å². The Bertz CT molecular complexity index is 1160. The zero-order valence-electron chi connectivity index (χ0n) is 15.6. The Labute approximate surface area is 162 Å². The molecule has 1 aliphatic carbocycles. The molecule has 0 radical (unpaired) electrons. The number of hydrogen-bond acceptors (Lipinski definition) is 4. The Hall–Kier alpha value is -2.75. The number of hydrogen-bond donors (Lipinski definition) is 2. The number of halogens is 4. The number of alkyl halides is 3. The number of H-pyrrole nitrogens is 1. The first-order valence-electron chi connectivity index (χ1n) is 9.00. The molecule has 29 heavy (non-hydrogen) atoms. The minimum Gasteiger partial charge on any atom is -0.390 e. The van der Waals surface area contributed by atoms with Crippen molar-refractivity contribution < 1.29 is 22.7 Å². The average Bonchev–Trinajstić information content (AvgIpc) is 3.24. The molecule has 154 valence electrons. The van der Waals surface area contributed by atoms with E-state index in [1.165, 1.54) is 10.7 Å². The lowest BCUT2D eigenvalue weighted by atomic mass is 9.91. The Morgan fingerprint density at radius 1 is 1.34 bits per heavy atom. The Kier molecular flexibility index (Phi) is 4.30. The topological polar surface area (TPSA) is 83.8 Å². The maximum Gasteiger partial charge on any atom is 0.419 e. The third-order valence-corrected chi connectivity index (χ3v) is 5.46. The standard InChI is InChI=1S/C19H18F4N4O2/c1-9-24-16-14(17(29)25-9)13(8-28)26-27(16)15(18(2)5-6-18)10-3-4-11(12(20)7-10)19(21,22)23/h3-4,7,15,28H,5-6,8H2,1-2H3,(H,24,25,29)/t15-/m0/s1. The highest BCUT2D eigenvalue weighted by atomic mass is 19.4. The fourth-order valence-corrected chi connectivity index (χ4v) is 3.76. The molecule has 2 aromatic heterocycles. The van der Waals surface area contributed by atoms with Gasteiger partial charge in [-0.2, -0.15) is 18.3 Å². The molecule has 0 amide bonds. The van der Waals surface area contributed by atoms with Gasteiger partial charge in [-0.25, -0.2) is 14.1 Å². The molecule has 0 aliphatic heterocycles. The molecule has 1 atom stereocenters. The van der Waals surface area contributed by atoms with Gasteiger partial charge in [0, 0.05) is 0 Å². The number of aromatic nitrogens is 4. The maximum atomic E-state index is 14.3. The maximum absolute atomic E-state index is 14.3. The van der Waals surface area contributed by atoms with Crippen LogP contribution in [0.2, 0.25) is 0 Å². The van der Waals surface area contributed by atoms with Crippen molar-refractivity contribution in [3.8, 4) is 0 Å². The van der Waals surface area contributed by atoms with Crippen molar-refractivity contribution in [2.45, 2.75) is 45.5 Å². The van der Waals surface area contributed by atoms with E-state index in [0.717, 1.165) is 18.9 Å². The molecular formula is C19H18F4N4O2. The Balaban J connectivity index is 1.95. The van der Waals surface area contributed by atoms with Gasteiger partial charge in [-0.1, -0.05) is 13.0 Å². The number of nitrogens with one attached hydrogen (secondary N) is 1. The van der Waals surface area contributed by atoms with Gasteiger partial charge in [0.05, 0.1) is 18.2 Å². The zero-order valence-corrected chi connectivity index (χ0v) is 15.6. The molecule has 4 rings (SSSR count). The van der Waals surface area contributed by atoms with Gasteiger partial charge >= 0.3 is 6.18 Å². The monoisotopic (exact) mass is 410 g/mol. The van der Waals surface area contributed by atoms with E-state index in [0.29, 0.717) is 17.5 Å². The van der Waals surface area contributed by atoms with E-state index in [1.807, 2.05) is 6.92 Å². The van der Waals surface area contributed by atoms with Gasteiger partial charge in [0.25, 0.3) is 5.56 Å². The second-order valence-electron chi connectivity index (χ2n) is 7.69. The second-order valence-corrected chi connectivity index (χ2v) is 7.69. The minimum atomic E-state index is -4.80. The first kappa shape index (κ1) is 19.6. The highest BCUT2D eigenvalue weighted by molar-refractivity contribution is 5.77. The number of aliphatic hydroxyl groups excluding tert-OH is 1. The Morgan fingerprint density at radius 2 is 2.03 bits per heavy atom. The largest absolute Gasteiger partial charge is 0.419 e. The van der Waals surface area contributed by atoms with Crippen molar-refractivity contribution in [2.75, 3.05) is 0 Å². The van der Waals surface area contributed by atoms with E-state index >= 15 is 0 Å². The van der Waals surface area contributed by atoms with Crippen molar-refractivity contribution in [1.82, 2.24) is 19.7 Å². The molecule has 6 nitrogen and oxygen atoms in total. The molecule has 3 aromatic rings. The molecule has 0 bridgehead atoms. The summed E-state index contributed by atoms with van der Waals surface area (Å²) < 4.78 is 54.6. The van der Waals surface area contributed by atoms with E-state index in [9.17, 15) is 27.5 Å². The SMILES string of the molecule is Cc1nc2c(c(CO)nn2[C@@H](c2ccc(C(F)(F)F)c(F)c2)C2(C)CC2)c(=O)[nH]1. The third kappa shape index (κ3) is 3.21. The smallest absolute Gasteiger partial charge is 0.390 e. The lowest BCUT2D eigenvalue weighted by Crippen LogP contribution is -2.23. The van der Waals surface area contributed by atoms with E-state index in [1.54, 1.807) is 6.92 Å². The zero-order chi connectivity index (χ0) is 21.1. The lowest BCUT2D eigenvalue weighted by Gasteiger charge is -2.25. The summed E-state index contributed by atoms with van der Waals surface area (Å²) in [6.45, 7) is 2.99. The summed E-state index contributed by atoms with van der Waals surface area (Å²) in [5.74, 6) is -1.04. The van der Waals surface area contributed by atoms with E-state index < -0.39 is 41.2 Å². The molecule has 0 unspecified atom stereocenters. The van der Waals surface area contributed by atoms with Crippen LogP contribution in [0.25, 0.3) is 11.0 Å². The van der Waals surface area contributed by atoms with Crippen LogP contribution in [0.15, 0.2) is 23.0 Å². The summed E-state index contributed by atoms with van der Waals surface area (Å²) in [4.78, 5) is 19.3. The van der Waals surface area contributed by atoms with Crippen LogP contribution in [0.4, 0.5) is 17.6 Å². The van der Waals surface area contributed by atoms with Crippen LogP contribution in [0.5, 0.6) is 0 Å². The number of aromatic amines is 1. The number of fused-ring (bicyclic) bond motifs is 1. The van der Waals surface area contributed by atoms with E-state index in [-0.39, 0.29) is 16.7 Å². The van der Waals surface area contributed by atoms with Crippen LogP contribution < -0.4 is 5.56 Å². The molecule has 1 aromatic carbocycles. The summed E-state index contributed by atoms with van der Waals surface area (Å²) in [5.41, 5.74) is -1.60. The number of benzene rings is 1. The molecule has 1 aliphatic rings. The van der Waals surface area contributed by atoms with Gasteiger partial charge < -0.3 is 10.1 Å². The van der Waals surface area contributed by atoms with Gasteiger partial charge in [-0.05, 0) is 42.9 Å².